The average molecular weight is 2060 g/mol. The molecular weight excluding hydrogens is 1930 g/mol. The van der Waals surface area contributed by atoms with Gasteiger partial charge in [0.05, 0.1) is 31.2 Å². The molecule has 2 aromatic rings. The third-order valence-electron chi connectivity index (χ3n) is 22.0. The number of imidazole rings is 1. The highest BCUT2D eigenvalue weighted by molar-refractivity contribution is 6.01. The van der Waals surface area contributed by atoms with E-state index in [0.29, 0.717) is 5.56 Å². The van der Waals surface area contributed by atoms with Crippen LogP contribution in [0.25, 0.3) is 0 Å². The van der Waals surface area contributed by atoms with Gasteiger partial charge < -0.3 is 140 Å². The van der Waals surface area contributed by atoms with Crippen LogP contribution in [0.3, 0.4) is 0 Å². The van der Waals surface area contributed by atoms with Gasteiger partial charge in [0.2, 0.25) is 94.5 Å². The van der Waals surface area contributed by atoms with Crippen molar-refractivity contribution < 1.29 is 139 Å². The predicted molar refractivity (Wildman–Crippen MR) is 486 cm³/mol. The largest absolute Gasteiger partial charge is 0.480 e. The Kier molecular flexibility index (Phi) is 51.2. The Labute approximate surface area is 813 Å². The lowest BCUT2D eigenvalue weighted by Crippen LogP contribution is -2.62. The molecule has 1 fully saturated rings. The van der Waals surface area contributed by atoms with E-state index >= 15 is 0 Å². The number of carboxylic acid groups (broad SMARTS) is 1. The maximum atomic E-state index is 14.9. The van der Waals surface area contributed by atoms with E-state index in [-0.39, 0.29) is 89.0 Å². The maximum absolute atomic E-state index is 14.9. The van der Waals surface area contributed by atoms with Gasteiger partial charge in [-0.25, -0.2) is 9.78 Å². The van der Waals surface area contributed by atoms with Crippen LogP contribution in [0.2, 0.25) is 0 Å². The number of alkyl halides is 12. The summed E-state index contributed by atoms with van der Waals surface area (Å²) < 4.78 is 175. The van der Waals surface area contributed by atoms with E-state index < -0.39 is 335 Å². The van der Waals surface area contributed by atoms with Crippen molar-refractivity contribution in [2.24, 2.45) is 64.0 Å². The van der Waals surface area contributed by atoms with Crippen molar-refractivity contribution in [1.29, 1.82) is 16.2 Å². The molecule has 1 aliphatic rings. The van der Waals surface area contributed by atoms with Gasteiger partial charge in [0, 0.05) is 51.6 Å². The molecule has 16 amide bonds. The highest BCUT2D eigenvalue weighted by atomic mass is 19.4. The van der Waals surface area contributed by atoms with E-state index in [1.807, 2.05) is 5.32 Å². The van der Waals surface area contributed by atoms with Crippen molar-refractivity contribution in [3.63, 3.8) is 0 Å². The van der Waals surface area contributed by atoms with Crippen LogP contribution in [0.15, 0.2) is 42.9 Å². The molecule has 14 atom stereocenters. The lowest BCUT2D eigenvalue weighted by atomic mass is 9.94. The zero-order valence-corrected chi connectivity index (χ0v) is 79.5. The standard InChI is InChI=1S/C84H131F12N29O18/c1-40(2)31-51(114-61(128)37-110-64(129)43(7)98)69(134)117-49(24-25-59(99)126)67(132)122-55(32-44-17-9-8-10-18-44)76(141)125-30-16-23-56(125)73(138)124-62(41(3)4)74(139)111-38-60(127)113-46(20-13-27-107-78(100)101)68(133)123-63(42(5)6)75(140)121-52(33-45-36-106-39-112-45)70(135)115-48(22-15-29-109-80(104)105)66(131)119-54(35-58(83(91,92)93)84(94,95)96)72(137)120-53(34-57(81(85,86)87)82(88,89)90)71(136)116-47(21-14-28-108-79(102)103)65(130)118-50(77(142)143)19-11-12-26-97/h8-10,17-18,36,39-43,46-58,62-63H,11-16,19-35,37-38,97-98H2,1-7H3,(H2,99,126)(H,106,112)(H,110,129)(H,111,139)(H,113,127)(H,114,128)(H,115,135)(H,116,136)(H,117,134)(H,118,130)(H,119,131)(H,120,137)(H,121,140)(H,122,132)(H,123,133)(H,124,138)(H,142,143)(H4,100,101,107)(H4,102,103,108)(H4,104,105,109)/t43-,46-,47-,48-,49-,50-,51-,52-,53-,54-,55-,56-,62-,63-/m0/s1. The van der Waals surface area contributed by atoms with Gasteiger partial charge in [-0.05, 0) is 133 Å². The Morgan fingerprint density at radius 2 is 0.818 bits per heavy atom. The van der Waals surface area contributed by atoms with Crippen molar-refractivity contribution in [3.8, 4) is 0 Å². The van der Waals surface area contributed by atoms with Gasteiger partial charge in [-0.2, -0.15) is 52.7 Å². The van der Waals surface area contributed by atoms with Gasteiger partial charge in [0.15, 0.2) is 29.7 Å². The number of unbranched alkanes of at least 4 members (excludes halogenated alkanes) is 1. The number of carboxylic acids is 1. The monoisotopic (exact) mass is 2060 g/mol. The first-order chi connectivity index (χ1) is 66.6. The molecule has 1 saturated heterocycles. The predicted octanol–water partition coefficient (Wildman–Crippen LogP) is -3.53. The van der Waals surface area contributed by atoms with Crippen LogP contribution in [0.1, 0.15) is 162 Å². The molecule has 0 radical (unpaired) electrons. The van der Waals surface area contributed by atoms with Crippen molar-refractivity contribution in [3.05, 3.63) is 54.1 Å². The molecule has 1 aromatic carbocycles. The van der Waals surface area contributed by atoms with Crippen molar-refractivity contribution in [1.82, 2.24) is 105 Å². The normalized spacial score (nSPS) is 15.6. The molecule has 2 heterocycles. The van der Waals surface area contributed by atoms with E-state index in [0.717, 1.165) is 17.4 Å². The van der Waals surface area contributed by atoms with E-state index in [9.17, 15) is 139 Å². The van der Waals surface area contributed by atoms with Crippen molar-refractivity contribution >= 4 is 118 Å². The Morgan fingerprint density at radius 3 is 1.22 bits per heavy atom. The quantitative estimate of drug-likeness (QED) is 0.0132. The first-order valence-corrected chi connectivity index (χ1v) is 45.5. The van der Waals surface area contributed by atoms with Gasteiger partial charge in [0.25, 0.3) is 0 Å². The summed E-state index contributed by atoms with van der Waals surface area (Å²) in [6.07, 6.45) is -34.1. The number of rotatable bonds is 61. The summed E-state index contributed by atoms with van der Waals surface area (Å²) in [7, 11) is 0. The number of nitrogens with two attached hydrogens (primary N) is 6. The first-order valence-electron chi connectivity index (χ1n) is 45.5. The molecule has 0 unspecified atom stereocenters. The SMILES string of the molecule is CC(C)C[C@H](NC(=O)CNC(=O)[C@H](C)N)C(=O)N[C@@H](CCC(N)=O)C(=O)N[C@@H](Cc1ccccc1)C(=O)N1CCC[C@H]1C(=O)N[C@H](C(=O)NCC(=O)N[C@@H](CCCNC(=N)N)C(=O)N[C@H](C(=O)N[C@@H](Cc1c[nH]cn1)C(=O)N[C@@H](CCCNC(=N)N)C(=O)N[C@@H](CC(C(F)(F)F)C(F)(F)F)C(=O)N[C@@H](CC(C(F)(F)F)C(F)(F)F)C(=O)N[C@@H](CCCNC(=N)N)C(=O)N[C@@H](CCCCN)C(=O)O)C(C)C)C(C)C. The summed E-state index contributed by atoms with van der Waals surface area (Å²) in [6.45, 7) is 7.93. The number of nitrogens with one attached hydrogen (secondary N) is 21. The summed E-state index contributed by atoms with van der Waals surface area (Å²) in [5.41, 5.74) is 33.1. The van der Waals surface area contributed by atoms with E-state index in [4.69, 9.17) is 50.6 Å². The number of aromatic amines is 1. The molecule has 0 bridgehead atoms. The van der Waals surface area contributed by atoms with Crippen LogP contribution >= 0.6 is 0 Å². The topological polar surface area (TPSA) is 775 Å². The molecule has 0 aliphatic carbocycles. The summed E-state index contributed by atoms with van der Waals surface area (Å²) in [5, 5.41) is 70.3. The number of hydrogen-bond acceptors (Lipinski definition) is 23. The van der Waals surface area contributed by atoms with Crippen LogP contribution in [0.4, 0.5) is 52.7 Å². The lowest BCUT2D eigenvalue weighted by molar-refractivity contribution is -0.288. The number of aliphatic carboxylic acids is 1. The third-order valence-corrected chi connectivity index (χ3v) is 22.0. The summed E-state index contributed by atoms with van der Waals surface area (Å²) in [4.78, 5) is 245. The van der Waals surface area contributed by atoms with Crippen LogP contribution in [0.5, 0.6) is 0 Å². The van der Waals surface area contributed by atoms with Crippen molar-refractivity contribution in [2.75, 3.05) is 45.8 Å². The Balaban J connectivity index is 2.08. The fraction of sp³-hybridized carbons (Fsp3) is 0.655. The number of nitrogens with zero attached hydrogens (tertiary/aromatic N) is 2. The molecule has 0 spiro atoms. The average Bonchev–Trinajstić information content (AvgIpc) is 1.57. The van der Waals surface area contributed by atoms with E-state index in [1.54, 1.807) is 49.5 Å². The molecule has 47 nitrogen and oxygen atoms in total. The molecule has 1 aliphatic heterocycles. The fourth-order valence-electron chi connectivity index (χ4n) is 14.5. The molecule has 143 heavy (non-hydrogen) atoms. The summed E-state index contributed by atoms with van der Waals surface area (Å²) in [6, 6.07) is -19.0. The van der Waals surface area contributed by atoms with Gasteiger partial charge in [0.1, 0.15) is 78.5 Å². The molecule has 3 rings (SSSR count). The van der Waals surface area contributed by atoms with Gasteiger partial charge in [-0.3, -0.25) is 92.9 Å². The smallest absolute Gasteiger partial charge is 0.400 e. The van der Waals surface area contributed by atoms with Gasteiger partial charge in [-0.1, -0.05) is 71.9 Å². The molecule has 34 N–H and O–H groups in total. The minimum atomic E-state index is -6.50. The van der Waals surface area contributed by atoms with Crippen molar-refractivity contribution in [2.45, 2.75) is 273 Å². The Bertz CT molecular complexity index is 4590. The molecule has 0 saturated carbocycles. The Morgan fingerprint density at radius 1 is 0.441 bits per heavy atom. The number of hydrogen-bond donors (Lipinski definition) is 28. The number of carbonyl (C=O) groups excluding carboxylic acids is 16. The highest BCUT2D eigenvalue weighted by Gasteiger charge is 2.60. The molecule has 59 heteroatoms. The van der Waals surface area contributed by atoms with Crippen LogP contribution < -0.4 is 125 Å². The minimum Gasteiger partial charge on any atom is -0.480 e. The van der Waals surface area contributed by atoms with Crippen LogP contribution in [-0.2, 0) is 94.3 Å². The highest BCUT2D eigenvalue weighted by Crippen LogP contribution is 2.44. The zero-order chi connectivity index (χ0) is 108. The minimum absolute atomic E-state index is 0.00164. The second-order valence-electron chi connectivity index (χ2n) is 35.0. The number of halogens is 12. The summed E-state index contributed by atoms with van der Waals surface area (Å²) >= 11 is 0. The second kappa shape index (κ2) is 59.3. The zero-order valence-electron chi connectivity index (χ0n) is 79.5. The van der Waals surface area contributed by atoms with E-state index in [1.165, 1.54) is 45.3 Å². The van der Waals surface area contributed by atoms with Gasteiger partial charge >= 0.3 is 30.7 Å². The lowest BCUT2D eigenvalue weighted by Gasteiger charge is -2.32. The molecule has 804 valence electrons. The fourth-order valence-corrected chi connectivity index (χ4v) is 14.5. The maximum Gasteiger partial charge on any atom is 0.400 e. The number of aromatic nitrogens is 2. The second-order valence-corrected chi connectivity index (χ2v) is 35.0. The van der Waals surface area contributed by atoms with Gasteiger partial charge in [-0.15, -0.1) is 0 Å². The molecule has 1 aromatic heterocycles. The number of benzene rings is 1. The number of H-pyrrole nitrogens is 1. The number of amides is 16. The van der Waals surface area contributed by atoms with Crippen LogP contribution in [-0.4, -0.2) is 293 Å². The molecular formula is C84H131F12N29O18. The summed E-state index contributed by atoms with van der Waals surface area (Å²) in [5.74, 6) is -35.7. The number of guanidine groups is 3. The number of likely N-dealkylation sites (tertiary alicyclic amines) is 1. The van der Waals surface area contributed by atoms with Crippen LogP contribution in [0, 0.1) is 45.8 Å². The van der Waals surface area contributed by atoms with E-state index in [2.05, 4.69) is 79.1 Å². The third kappa shape index (κ3) is 45.4. The number of primary amides is 1. The first kappa shape index (κ1) is 123. The number of carbonyl (C=O) groups is 17. The Hall–Kier alpha value is -13.7.